The van der Waals surface area contributed by atoms with Crippen molar-refractivity contribution in [1.29, 1.82) is 0 Å². The van der Waals surface area contributed by atoms with Gasteiger partial charge in [-0.25, -0.2) is 4.98 Å². The molecule has 5 nitrogen and oxygen atoms in total. The van der Waals surface area contributed by atoms with Gasteiger partial charge in [0.05, 0.1) is 11.3 Å². The second-order valence-electron chi connectivity index (χ2n) is 4.06. The summed E-state index contributed by atoms with van der Waals surface area (Å²) in [6.07, 6.45) is -10.7. The lowest BCUT2D eigenvalue weighted by Crippen LogP contribution is -2.11. The number of nitrogens with zero attached hydrogens (tertiary/aromatic N) is 3. The maximum atomic E-state index is 12.7. The molecular formula is C10H5BrF6N4O. The molecule has 22 heavy (non-hydrogen) atoms. The Hall–Kier alpha value is -1.85. The minimum atomic E-state index is -4.70. The summed E-state index contributed by atoms with van der Waals surface area (Å²) in [7, 11) is 0. The lowest BCUT2D eigenvalue weighted by molar-refractivity contribution is -0.138. The van der Waals surface area contributed by atoms with E-state index in [-0.39, 0.29) is 5.69 Å². The van der Waals surface area contributed by atoms with Crippen LogP contribution in [0.2, 0.25) is 0 Å². The van der Waals surface area contributed by atoms with Crippen LogP contribution in [0.3, 0.4) is 0 Å². The van der Waals surface area contributed by atoms with Gasteiger partial charge in [-0.3, -0.25) is 0 Å². The van der Waals surface area contributed by atoms with E-state index in [1.807, 2.05) is 0 Å². The number of hydrogen-bond acceptors (Lipinski definition) is 5. The molecule has 0 saturated carbocycles. The van der Waals surface area contributed by atoms with Crippen LogP contribution < -0.4 is 5.73 Å². The van der Waals surface area contributed by atoms with Crippen LogP contribution in [0.15, 0.2) is 15.1 Å². The largest absolute Gasteiger partial charge is 0.419 e. The molecule has 0 unspecified atom stereocenters. The highest BCUT2D eigenvalue weighted by atomic mass is 79.9. The van der Waals surface area contributed by atoms with Crippen molar-refractivity contribution in [2.24, 2.45) is 0 Å². The molecule has 0 amide bonds. The summed E-state index contributed by atoms with van der Waals surface area (Å²) in [5.41, 5.74) is 3.48. The highest BCUT2D eigenvalue weighted by Crippen LogP contribution is 2.37. The van der Waals surface area contributed by atoms with Gasteiger partial charge in [-0.15, -0.1) is 10.2 Å². The molecule has 0 aliphatic heterocycles. The molecule has 120 valence electrons. The third-order valence-corrected chi connectivity index (χ3v) is 2.94. The van der Waals surface area contributed by atoms with Crippen LogP contribution in [0.1, 0.15) is 11.5 Å². The second kappa shape index (κ2) is 5.41. The molecule has 2 N–H and O–H groups in total. The maximum Gasteiger partial charge on any atom is 0.419 e. The van der Waals surface area contributed by atoms with Gasteiger partial charge < -0.3 is 10.2 Å². The number of rotatable bonds is 2. The van der Waals surface area contributed by atoms with Crippen LogP contribution in [0.25, 0.3) is 11.6 Å². The summed E-state index contributed by atoms with van der Waals surface area (Å²) in [5.74, 6) is -1.26. The molecule has 0 spiro atoms. The molecule has 0 aliphatic carbocycles. The van der Waals surface area contributed by atoms with Crippen molar-refractivity contribution in [2.75, 3.05) is 5.73 Å². The highest BCUT2D eigenvalue weighted by molar-refractivity contribution is 9.10. The quantitative estimate of drug-likeness (QED) is 0.626. The molecule has 0 atom stereocenters. The predicted molar refractivity (Wildman–Crippen MR) is 64.4 cm³/mol. The number of nitrogens with two attached hydrogens (primary N) is 1. The van der Waals surface area contributed by atoms with Crippen molar-refractivity contribution in [2.45, 2.75) is 18.8 Å². The first-order valence-corrected chi connectivity index (χ1v) is 6.19. The van der Waals surface area contributed by atoms with Crippen molar-refractivity contribution < 1.29 is 30.8 Å². The van der Waals surface area contributed by atoms with Crippen LogP contribution >= 0.6 is 15.9 Å². The minimum Gasteiger partial charge on any atom is -0.419 e. The molecule has 0 bridgehead atoms. The third-order valence-electron chi connectivity index (χ3n) is 2.33. The van der Waals surface area contributed by atoms with Crippen molar-refractivity contribution >= 4 is 21.6 Å². The normalized spacial score (nSPS) is 12.7. The topological polar surface area (TPSA) is 77.8 Å². The molecule has 0 aliphatic rings. The number of pyridine rings is 1. The fourth-order valence-electron chi connectivity index (χ4n) is 1.47. The summed E-state index contributed by atoms with van der Waals surface area (Å²) in [4.78, 5) is 3.51. The highest BCUT2D eigenvalue weighted by Gasteiger charge is 2.35. The summed E-state index contributed by atoms with van der Waals surface area (Å²) in [5, 5.41) is 6.45. The first-order valence-electron chi connectivity index (χ1n) is 5.40. The Labute approximate surface area is 126 Å². The van der Waals surface area contributed by atoms with Crippen molar-refractivity contribution in [3.05, 3.63) is 22.1 Å². The first-order chi connectivity index (χ1) is 9.97. The minimum absolute atomic E-state index is 0.346. The Morgan fingerprint density at radius 1 is 1.14 bits per heavy atom. The van der Waals surface area contributed by atoms with Gasteiger partial charge in [0.1, 0.15) is 11.0 Å². The molecule has 2 rings (SSSR count). The van der Waals surface area contributed by atoms with Gasteiger partial charge in [0.25, 0.3) is 5.89 Å². The lowest BCUT2D eigenvalue weighted by atomic mass is 10.2. The second-order valence-corrected chi connectivity index (χ2v) is 4.81. The van der Waals surface area contributed by atoms with Gasteiger partial charge in [-0.2, -0.15) is 26.3 Å². The monoisotopic (exact) mass is 390 g/mol. The lowest BCUT2D eigenvalue weighted by Gasteiger charge is -2.10. The standard InChI is InChI=1S/C10H5BrF6N4O/c11-7-3(10(15,16)17)1-4(18)6(19-7)8-21-20-5(22-8)2-9(12,13)14/h1H,2,18H2. The molecule has 12 heteroatoms. The number of halogens is 7. The van der Waals surface area contributed by atoms with E-state index in [1.165, 1.54) is 0 Å². The zero-order valence-electron chi connectivity index (χ0n) is 10.3. The van der Waals surface area contributed by atoms with E-state index >= 15 is 0 Å². The fourth-order valence-corrected chi connectivity index (χ4v) is 1.99. The number of nitrogen functional groups attached to an aromatic ring is 1. The van der Waals surface area contributed by atoms with E-state index < -0.39 is 46.4 Å². The van der Waals surface area contributed by atoms with E-state index in [0.717, 1.165) is 0 Å². The van der Waals surface area contributed by atoms with E-state index in [1.54, 1.807) is 0 Å². The van der Waals surface area contributed by atoms with Gasteiger partial charge in [0.2, 0.25) is 5.89 Å². The third kappa shape index (κ3) is 3.67. The fraction of sp³-hybridized carbons (Fsp3) is 0.300. The van der Waals surface area contributed by atoms with E-state index in [0.29, 0.717) is 6.07 Å². The van der Waals surface area contributed by atoms with E-state index in [4.69, 9.17) is 10.2 Å². The molecule has 0 radical (unpaired) electrons. The van der Waals surface area contributed by atoms with Crippen LogP contribution in [0, 0.1) is 0 Å². The van der Waals surface area contributed by atoms with Gasteiger partial charge in [-0.05, 0) is 22.0 Å². The van der Waals surface area contributed by atoms with Crippen molar-refractivity contribution in [3.63, 3.8) is 0 Å². The van der Waals surface area contributed by atoms with Gasteiger partial charge >= 0.3 is 12.4 Å². The molecule has 0 fully saturated rings. The summed E-state index contributed by atoms with van der Waals surface area (Å²) < 4.78 is 78.6. The maximum absolute atomic E-state index is 12.7. The van der Waals surface area contributed by atoms with Crippen molar-refractivity contribution in [3.8, 4) is 11.6 Å². The Balaban J connectivity index is 2.40. The number of alkyl halides is 6. The SMILES string of the molecule is Nc1cc(C(F)(F)F)c(Br)nc1-c1nnc(CC(F)(F)F)o1. The smallest absolute Gasteiger partial charge is 0.419 e. The van der Waals surface area contributed by atoms with Crippen LogP contribution in [-0.2, 0) is 12.6 Å². The number of anilines is 1. The van der Waals surface area contributed by atoms with Crippen molar-refractivity contribution in [1.82, 2.24) is 15.2 Å². The van der Waals surface area contributed by atoms with Gasteiger partial charge in [0.15, 0.2) is 5.69 Å². The van der Waals surface area contributed by atoms with Crippen LogP contribution in [0.5, 0.6) is 0 Å². The molecule has 2 aromatic heterocycles. The zero-order valence-corrected chi connectivity index (χ0v) is 11.8. The number of aromatic nitrogens is 3. The molecular weight excluding hydrogens is 386 g/mol. The Morgan fingerprint density at radius 3 is 2.32 bits per heavy atom. The van der Waals surface area contributed by atoms with E-state index in [9.17, 15) is 26.3 Å². The molecule has 0 aromatic carbocycles. The summed E-state index contributed by atoms with van der Waals surface area (Å²) in [6.45, 7) is 0. The molecule has 2 heterocycles. The summed E-state index contributed by atoms with van der Waals surface area (Å²) in [6, 6.07) is 0.569. The Morgan fingerprint density at radius 2 is 1.77 bits per heavy atom. The predicted octanol–water partition coefficient (Wildman–Crippen LogP) is 3.60. The molecule has 0 saturated heterocycles. The average Bonchev–Trinajstić information content (AvgIpc) is 2.76. The van der Waals surface area contributed by atoms with E-state index in [2.05, 4.69) is 31.1 Å². The Kier molecular flexibility index (Phi) is 4.06. The zero-order chi connectivity index (χ0) is 16.7. The first kappa shape index (κ1) is 16.5. The average molecular weight is 391 g/mol. The number of hydrogen-bond donors (Lipinski definition) is 1. The Bertz CT molecular complexity index is 696. The van der Waals surface area contributed by atoms with Crippen LogP contribution in [-0.4, -0.2) is 21.4 Å². The van der Waals surface area contributed by atoms with Gasteiger partial charge in [0, 0.05) is 0 Å². The molecule has 2 aromatic rings. The van der Waals surface area contributed by atoms with Crippen LogP contribution in [0.4, 0.5) is 32.0 Å². The summed E-state index contributed by atoms with van der Waals surface area (Å²) >= 11 is 2.61. The van der Waals surface area contributed by atoms with Gasteiger partial charge in [-0.1, -0.05) is 0 Å².